The summed E-state index contributed by atoms with van der Waals surface area (Å²) >= 11 is 12.0. The summed E-state index contributed by atoms with van der Waals surface area (Å²) in [4.78, 5) is 8.52. The molecule has 0 amide bonds. The zero-order valence-electron chi connectivity index (χ0n) is 10.8. The van der Waals surface area contributed by atoms with Crippen LogP contribution in [0.5, 0.6) is 0 Å². The maximum atomic E-state index is 6.00. The normalized spacial score (nSPS) is 10.8. The second kappa shape index (κ2) is 5.71. The van der Waals surface area contributed by atoms with Crippen molar-refractivity contribution in [3.8, 4) is 11.5 Å². The predicted molar refractivity (Wildman–Crippen MR) is 81.2 cm³/mol. The third kappa shape index (κ3) is 2.99. The summed E-state index contributed by atoms with van der Waals surface area (Å²) in [5.41, 5.74) is 7.64. The monoisotopic (exact) mass is 320 g/mol. The molecule has 0 aliphatic carbocycles. The molecule has 1 aromatic carbocycles. The number of rotatable bonds is 3. The van der Waals surface area contributed by atoms with Gasteiger partial charge in [-0.15, -0.1) is 0 Å². The van der Waals surface area contributed by atoms with E-state index in [0.717, 1.165) is 5.69 Å². The maximum Gasteiger partial charge on any atom is 0.260 e. The van der Waals surface area contributed by atoms with Gasteiger partial charge in [-0.05, 0) is 24.3 Å². The molecule has 0 spiro atoms. The lowest BCUT2D eigenvalue weighted by molar-refractivity contribution is 0.424. The highest BCUT2D eigenvalue weighted by molar-refractivity contribution is 6.37. The Morgan fingerprint density at radius 2 is 2.05 bits per heavy atom. The van der Waals surface area contributed by atoms with Crippen molar-refractivity contribution in [1.29, 1.82) is 0 Å². The SMILES string of the molecule is Nc1c(Cl)cc(Cl)cc1-c1nc(Cc2ccccn2)no1. The van der Waals surface area contributed by atoms with E-state index in [1.54, 1.807) is 18.3 Å². The first kappa shape index (κ1) is 13.9. The van der Waals surface area contributed by atoms with Gasteiger partial charge in [-0.25, -0.2) is 0 Å². The molecule has 0 fully saturated rings. The Morgan fingerprint density at radius 3 is 2.81 bits per heavy atom. The van der Waals surface area contributed by atoms with Crippen LogP contribution in [0, 0.1) is 0 Å². The van der Waals surface area contributed by atoms with Gasteiger partial charge in [0, 0.05) is 16.9 Å². The fourth-order valence-electron chi connectivity index (χ4n) is 1.86. The van der Waals surface area contributed by atoms with Gasteiger partial charge in [-0.2, -0.15) is 4.98 Å². The van der Waals surface area contributed by atoms with E-state index in [-0.39, 0.29) is 5.89 Å². The quantitative estimate of drug-likeness (QED) is 0.746. The second-order valence-electron chi connectivity index (χ2n) is 4.36. The fourth-order valence-corrected chi connectivity index (χ4v) is 2.35. The molecule has 3 rings (SSSR count). The molecule has 0 unspecified atom stereocenters. The van der Waals surface area contributed by atoms with Gasteiger partial charge in [0.2, 0.25) is 0 Å². The molecule has 2 N–H and O–H groups in total. The number of nitrogens with two attached hydrogens (primary N) is 1. The van der Waals surface area contributed by atoms with Gasteiger partial charge in [0.25, 0.3) is 5.89 Å². The number of nitrogens with zero attached hydrogens (tertiary/aromatic N) is 3. The Kier molecular flexibility index (Phi) is 3.77. The van der Waals surface area contributed by atoms with Crippen LogP contribution in [0.1, 0.15) is 11.5 Å². The molecule has 0 saturated heterocycles. The number of halogens is 2. The van der Waals surface area contributed by atoms with E-state index >= 15 is 0 Å². The highest BCUT2D eigenvalue weighted by Crippen LogP contribution is 2.33. The second-order valence-corrected chi connectivity index (χ2v) is 5.21. The van der Waals surface area contributed by atoms with E-state index in [1.165, 1.54) is 0 Å². The molecule has 0 radical (unpaired) electrons. The molecule has 2 heterocycles. The number of pyridine rings is 1. The third-order valence-corrected chi connectivity index (χ3v) is 3.39. The molecule has 7 heteroatoms. The number of benzene rings is 1. The number of aromatic nitrogens is 3. The van der Waals surface area contributed by atoms with Crippen molar-refractivity contribution in [1.82, 2.24) is 15.1 Å². The summed E-state index contributed by atoms with van der Waals surface area (Å²) in [6.07, 6.45) is 2.18. The average molecular weight is 321 g/mol. The molecule has 0 bridgehead atoms. The molecule has 3 aromatic rings. The Morgan fingerprint density at radius 1 is 1.19 bits per heavy atom. The zero-order chi connectivity index (χ0) is 14.8. The maximum absolute atomic E-state index is 6.00. The topological polar surface area (TPSA) is 77.8 Å². The molecule has 0 aliphatic heterocycles. The summed E-state index contributed by atoms with van der Waals surface area (Å²) in [5, 5.41) is 4.72. The number of anilines is 1. The Balaban J connectivity index is 1.92. The first-order valence-corrected chi connectivity index (χ1v) is 6.86. The minimum atomic E-state index is 0.280. The van der Waals surface area contributed by atoms with Crippen LogP contribution in [0.2, 0.25) is 10.0 Å². The van der Waals surface area contributed by atoms with Crippen LogP contribution in [-0.2, 0) is 6.42 Å². The number of hydrogen-bond acceptors (Lipinski definition) is 5. The van der Waals surface area contributed by atoms with Gasteiger partial charge in [0.1, 0.15) is 0 Å². The number of hydrogen-bond donors (Lipinski definition) is 1. The van der Waals surface area contributed by atoms with Crippen LogP contribution in [0.3, 0.4) is 0 Å². The highest BCUT2D eigenvalue weighted by atomic mass is 35.5. The van der Waals surface area contributed by atoms with E-state index in [0.29, 0.717) is 33.5 Å². The zero-order valence-corrected chi connectivity index (χ0v) is 12.3. The third-order valence-electron chi connectivity index (χ3n) is 2.86. The van der Waals surface area contributed by atoms with Crippen LogP contribution in [-0.4, -0.2) is 15.1 Å². The van der Waals surface area contributed by atoms with Crippen LogP contribution in [0.15, 0.2) is 41.1 Å². The van der Waals surface area contributed by atoms with E-state index in [2.05, 4.69) is 15.1 Å². The Labute approximate surface area is 130 Å². The van der Waals surface area contributed by atoms with Crippen molar-refractivity contribution in [3.63, 3.8) is 0 Å². The first-order valence-electron chi connectivity index (χ1n) is 6.11. The van der Waals surface area contributed by atoms with Crippen LogP contribution >= 0.6 is 23.2 Å². The van der Waals surface area contributed by atoms with Crippen molar-refractivity contribution in [2.75, 3.05) is 5.73 Å². The molecule has 2 aromatic heterocycles. The van der Waals surface area contributed by atoms with Gasteiger partial charge in [0.05, 0.1) is 22.7 Å². The lowest BCUT2D eigenvalue weighted by Crippen LogP contribution is -1.94. The van der Waals surface area contributed by atoms with Gasteiger partial charge in [-0.1, -0.05) is 34.4 Å². The summed E-state index contributed by atoms with van der Waals surface area (Å²) in [5.74, 6) is 0.794. The summed E-state index contributed by atoms with van der Waals surface area (Å²) in [6, 6.07) is 8.84. The predicted octanol–water partition coefficient (Wildman–Crippen LogP) is 3.61. The Bertz CT molecular complexity index is 774. The molecule has 0 atom stereocenters. The fraction of sp³-hybridized carbons (Fsp3) is 0.0714. The van der Waals surface area contributed by atoms with Gasteiger partial charge < -0.3 is 10.3 Å². The lowest BCUT2D eigenvalue weighted by atomic mass is 10.2. The van der Waals surface area contributed by atoms with Crippen molar-refractivity contribution in [2.45, 2.75) is 6.42 Å². The molecule has 0 saturated carbocycles. The van der Waals surface area contributed by atoms with Gasteiger partial charge >= 0.3 is 0 Å². The molecular weight excluding hydrogens is 311 g/mol. The van der Waals surface area contributed by atoms with Gasteiger partial charge in [-0.3, -0.25) is 4.98 Å². The minimum absolute atomic E-state index is 0.280. The number of nitrogen functional groups attached to an aromatic ring is 1. The van der Waals surface area contributed by atoms with E-state index in [9.17, 15) is 0 Å². The van der Waals surface area contributed by atoms with E-state index in [1.807, 2.05) is 18.2 Å². The van der Waals surface area contributed by atoms with Crippen molar-refractivity contribution >= 4 is 28.9 Å². The van der Waals surface area contributed by atoms with Crippen LogP contribution in [0.4, 0.5) is 5.69 Å². The Hall–Kier alpha value is -2.11. The molecule has 106 valence electrons. The van der Waals surface area contributed by atoms with Crippen LogP contribution in [0.25, 0.3) is 11.5 Å². The molecule has 0 aliphatic rings. The lowest BCUT2D eigenvalue weighted by Gasteiger charge is -2.03. The molecule has 5 nitrogen and oxygen atoms in total. The first-order chi connectivity index (χ1) is 10.1. The van der Waals surface area contributed by atoms with Crippen LogP contribution < -0.4 is 5.73 Å². The molecular formula is C14H10Cl2N4O. The average Bonchev–Trinajstić information content (AvgIpc) is 2.92. The van der Waals surface area contributed by atoms with Crippen molar-refractivity contribution in [3.05, 3.63) is 58.1 Å². The van der Waals surface area contributed by atoms with Gasteiger partial charge in [0.15, 0.2) is 5.82 Å². The minimum Gasteiger partial charge on any atom is -0.397 e. The largest absolute Gasteiger partial charge is 0.397 e. The summed E-state index contributed by atoms with van der Waals surface area (Å²) < 4.78 is 5.23. The highest BCUT2D eigenvalue weighted by Gasteiger charge is 2.15. The van der Waals surface area contributed by atoms with Crippen molar-refractivity contribution < 1.29 is 4.52 Å². The van der Waals surface area contributed by atoms with Crippen molar-refractivity contribution in [2.24, 2.45) is 0 Å². The van der Waals surface area contributed by atoms with E-state index < -0.39 is 0 Å². The molecule has 21 heavy (non-hydrogen) atoms. The smallest absolute Gasteiger partial charge is 0.260 e. The standard InChI is InChI=1S/C14H10Cl2N4O/c15-8-5-10(13(17)11(16)6-8)14-19-12(20-21-14)7-9-3-1-2-4-18-9/h1-6H,7,17H2. The summed E-state index contributed by atoms with van der Waals surface area (Å²) in [6.45, 7) is 0. The van der Waals surface area contributed by atoms with E-state index in [4.69, 9.17) is 33.5 Å². The summed E-state index contributed by atoms with van der Waals surface area (Å²) in [7, 11) is 0.